The van der Waals surface area contributed by atoms with Crippen molar-refractivity contribution in [3.8, 4) is 5.75 Å². The van der Waals surface area contributed by atoms with Crippen molar-refractivity contribution >= 4 is 29.0 Å². The quantitative estimate of drug-likeness (QED) is 0.930. The van der Waals surface area contributed by atoms with Crippen LogP contribution in [-0.2, 0) is 0 Å². The number of anilines is 1. The lowest BCUT2D eigenvalue weighted by molar-refractivity contribution is 0.0671. The summed E-state index contributed by atoms with van der Waals surface area (Å²) >= 11 is 1.54. The number of thiophene rings is 1. The van der Waals surface area contributed by atoms with Gasteiger partial charge in [-0.2, -0.15) is 11.3 Å². The lowest BCUT2D eigenvalue weighted by Gasteiger charge is -2.34. The first kappa shape index (κ1) is 16.3. The maximum absolute atomic E-state index is 12.6. The number of carbonyl (C=O) groups is 2. The average molecular weight is 345 g/mol. The molecule has 0 spiro atoms. The molecule has 0 unspecified atom stereocenters. The van der Waals surface area contributed by atoms with Crippen LogP contribution in [0.5, 0.6) is 5.75 Å². The molecule has 0 aliphatic carbocycles. The molecule has 0 radical (unpaired) electrons. The molecule has 2 aromatic rings. The molecule has 2 heterocycles. The van der Waals surface area contributed by atoms with Gasteiger partial charge in [-0.25, -0.2) is 4.79 Å². The number of methoxy groups -OCH3 is 1. The molecule has 7 heteroatoms. The SMILES string of the molecule is COc1cccc(C(=O)N2CCN(C(=O)Nc3ccsc3)CC2)c1. The maximum atomic E-state index is 12.6. The van der Waals surface area contributed by atoms with Crippen molar-refractivity contribution in [3.63, 3.8) is 0 Å². The standard InChI is InChI=1S/C17H19N3O3S/c1-23-15-4-2-3-13(11-15)16(21)19-6-8-20(9-7-19)17(22)18-14-5-10-24-12-14/h2-5,10-12H,6-9H2,1H3,(H,18,22). The zero-order valence-corrected chi connectivity index (χ0v) is 14.2. The molecule has 1 aromatic carbocycles. The lowest BCUT2D eigenvalue weighted by Crippen LogP contribution is -2.51. The summed E-state index contributed by atoms with van der Waals surface area (Å²) in [5, 5.41) is 6.67. The van der Waals surface area contributed by atoms with Gasteiger partial charge in [-0.1, -0.05) is 6.07 Å². The molecule has 1 fully saturated rings. The van der Waals surface area contributed by atoms with E-state index in [1.807, 2.05) is 22.9 Å². The molecule has 126 valence electrons. The summed E-state index contributed by atoms with van der Waals surface area (Å²) in [7, 11) is 1.58. The fourth-order valence-corrected chi connectivity index (χ4v) is 3.18. The number of hydrogen-bond acceptors (Lipinski definition) is 4. The van der Waals surface area contributed by atoms with Crippen LogP contribution in [0.4, 0.5) is 10.5 Å². The highest BCUT2D eigenvalue weighted by atomic mass is 32.1. The number of rotatable bonds is 3. The van der Waals surface area contributed by atoms with Crippen LogP contribution in [0.15, 0.2) is 41.1 Å². The van der Waals surface area contributed by atoms with Gasteiger partial charge in [-0.3, -0.25) is 4.79 Å². The summed E-state index contributed by atoms with van der Waals surface area (Å²) in [6.07, 6.45) is 0. The predicted molar refractivity (Wildman–Crippen MR) is 93.8 cm³/mol. The molecular formula is C17H19N3O3S. The second-order valence-electron chi connectivity index (χ2n) is 5.45. The number of nitrogens with one attached hydrogen (secondary N) is 1. The smallest absolute Gasteiger partial charge is 0.321 e. The van der Waals surface area contributed by atoms with Crippen LogP contribution in [0.1, 0.15) is 10.4 Å². The second-order valence-corrected chi connectivity index (χ2v) is 6.23. The van der Waals surface area contributed by atoms with Gasteiger partial charge in [0.15, 0.2) is 0 Å². The first-order valence-corrected chi connectivity index (χ1v) is 8.63. The minimum absolute atomic E-state index is 0.0354. The van der Waals surface area contributed by atoms with E-state index < -0.39 is 0 Å². The van der Waals surface area contributed by atoms with E-state index in [-0.39, 0.29) is 11.9 Å². The van der Waals surface area contributed by atoms with E-state index in [4.69, 9.17) is 4.74 Å². The second kappa shape index (κ2) is 7.35. The summed E-state index contributed by atoms with van der Waals surface area (Å²) < 4.78 is 5.16. The fraction of sp³-hybridized carbons (Fsp3) is 0.294. The van der Waals surface area contributed by atoms with Crippen molar-refractivity contribution in [1.82, 2.24) is 9.80 Å². The van der Waals surface area contributed by atoms with Gasteiger partial charge in [0.2, 0.25) is 0 Å². The van der Waals surface area contributed by atoms with Gasteiger partial charge in [0.1, 0.15) is 5.75 Å². The molecule has 1 aliphatic heterocycles. The third-order valence-corrected chi connectivity index (χ3v) is 4.63. The minimum atomic E-state index is -0.123. The first-order valence-electron chi connectivity index (χ1n) is 7.69. The van der Waals surface area contributed by atoms with Crippen molar-refractivity contribution in [2.45, 2.75) is 0 Å². The van der Waals surface area contributed by atoms with E-state index in [0.717, 1.165) is 5.69 Å². The molecule has 1 aromatic heterocycles. The Bertz CT molecular complexity index is 710. The van der Waals surface area contributed by atoms with Crippen LogP contribution in [-0.4, -0.2) is 55.0 Å². The van der Waals surface area contributed by atoms with Crippen molar-refractivity contribution in [2.24, 2.45) is 0 Å². The van der Waals surface area contributed by atoms with Gasteiger partial charge in [-0.15, -0.1) is 0 Å². The topological polar surface area (TPSA) is 61.9 Å². The van der Waals surface area contributed by atoms with E-state index >= 15 is 0 Å². The number of amides is 3. The zero-order valence-electron chi connectivity index (χ0n) is 13.4. The fourth-order valence-electron chi connectivity index (χ4n) is 2.59. The molecule has 0 bridgehead atoms. The molecule has 1 N–H and O–H groups in total. The van der Waals surface area contributed by atoms with E-state index in [9.17, 15) is 9.59 Å². The Hall–Kier alpha value is -2.54. The molecule has 0 atom stereocenters. The van der Waals surface area contributed by atoms with Crippen LogP contribution in [0.2, 0.25) is 0 Å². The first-order chi connectivity index (χ1) is 11.7. The summed E-state index contributed by atoms with van der Waals surface area (Å²) in [6, 6.07) is 8.87. The van der Waals surface area contributed by atoms with Crippen molar-refractivity contribution in [3.05, 3.63) is 46.7 Å². The Balaban J connectivity index is 1.56. The molecule has 1 saturated heterocycles. The highest BCUT2D eigenvalue weighted by Gasteiger charge is 2.25. The van der Waals surface area contributed by atoms with Gasteiger partial charge < -0.3 is 19.9 Å². The van der Waals surface area contributed by atoms with Gasteiger partial charge in [0, 0.05) is 37.1 Å². The third kappa shape index (κ3) is 3.68. The van der Waals surface area contributed by atoms with Crippen LogP contribution in [0.3, 0.4) is 0 Å². The average Bonchev–Trinajstić information content (AvgIpc) is 3.14. The number of urea groups is 1. The van der Waals surface area contributed by atoms with E-state index in [0.29, 0.717) is 37.5 Å². The summed E-state index contributed by atoms with van der Waals surface area (Å²) in [5.41, 5.74) is 1.41. The number of piperazine rings is 1. The largest absolute Gasteiger partial charge is 0.497 e. The van der Waals surface area contributed by atoms with Gasteiger partial charge >= 0.3 is 6.03 Å². The summed E-state index contributed by atoms with van der Waals surface area (Å²) in [4.78, 5) is 28.2. The number of ether oxygens (including phenoxy) is 1. The van der Waals surface area contributed by atoms with E-state index in [1.165, 1.54) is 11.3 Å². The Kier molecular flexibility index (Phi) is 5.00. The molecule has 0 saturated carbocycles. The maximum Gasteiger partial charge on any atom is 0.321 e. The Labute approximate surface area is 144 Å². The molecule has 3 rings (SSSR count). The van der Waals surface area contributed by atoms with Crippen molar-refractivity contribution < 1.29 is 14.3 Å². The number of hydrogen-bond donors (Lipinski definition) is 1. The lowest BCUT2D eigenvalue weighted by atomic mass is 10.1. The minimum Gasteiger partial charge on any atom is -0.497 e. The number of nitrogens with zero attached hydrogens (tertiary/aromatic N) is 2. The van der Waals surface area contributed by atoms with Crippen LogP contribution < -0.4 is 10.1 Å². The van der Waals surface area contributed by atoms with Crippen LogP contribution in [0, 0.1) is 0 Å². The molecule has 24 heavy (non-hydrogen) atoms. The number of benzene rings is 1. The predicted octanol–water partition coefficient (Wildman–Crippen LogP) is 2.75. The van der Waals surface area contributed by atoms with Gasteiger partial charge in [-0.05, 0) is 29.6 Å². The molecule has 6 nitrogen and oxygen atoms in total. The van der Waals surface area contributed by atoms with Crippen molar-refractivity contribution in [2.75, 3.05) is 38.6 Å². The Morgan fingerprint density at radius 2 is 1.88 bits per heavy atom. The summed E-state index contributed by atoms with van der Waals surface area (Å²) in [6.45, 7) is 2.08. The third-order valence-electron chi connectivity index (χ3n) is 3.94. The molecule has 1 aliphatic rings. The molecule has 3 amide bonds. The normalized spacial score (nSPS) is 14.4. The highest BCUT2D eigenvalue weighted by Crippen LogP contribution is 2.16. The zero-order chi connectivity index (χ0) is 16.9. The highest BCUT2D eigenvalue weighted by molar-refractivity contribution is 7.08. The van der Waals surface area contributed by atoms with Crippen molar-refractivity contribution in [1.29, 1.82) is 0 Å². The monoisotopic (exact) mass is 345 g/mol. The van der Waals surface area contributed by atoms with Gasteiger partial charge in [0.05, 0.1) is 12.8 Å². The van der Waals surface area contributed by atoms with Crippen LogP contribution in [0.25, 0.3) is 0 Å². The Morgan fingerprint density at radius 3 is 2.54 bits per heavy atom. The Morgan fingerprint density at radius 1 is 1.12 bits per heavy atom. The summed E-state index contributed by atoms with van der Waals surface area (Å²) in [5.74, 6) is 0.626. The van der Waals surface area contributed by atoms with E-state index in [1.54, 1.807) is 35.1 Å². The van der Waals surface area contributed by atoms with Gasteiger partial charge in [0.25, 0.3) is 5.91 Å². The number of carbonyl (C=O) groups excluding carboxylic acids is 2. The van der Waals surface area contributed by atoms with E-state index in [2.05, 4.69) is 5.32 Å². The van der Waals surface area contributed by atoms with Crippen LogP contribution >= 0.6 is 11.3 Å². The molecular weight excluding hydrogens is 326 g/mol.